The predicted molar refractivity (Wildman–Crippen MR) is 79.7 cm³/mol. The number of nitrogens with one attached hydrogen (secondary N) is 2. The van der Waals surface area contributed by atoms with Gasteiger partial charge in [0.05, 0.1) is 0 Å². The van der Waals surface area contributed by atoms with Crippen LogP contribution in [0.1, 0.15) is 23.7 Å². The first-order valence-electron chi connectivity index (χ1n) is 6.55. The third kappa shape index (κ3) is 4.14. The normalized spacial score (nSPS) is 10.0. The first-order chi connectivity index (χ1) is 10.1. The second-order valence-electron chi connectivity index (χ2n) is 4.44. The van der Waals surface area contributed by atoms with E-state index < -0.39 is 0 Å². The van der Waals surface area contributed by atoms with Crippen molar-refractivity contribution in [3.05, 3.63) is 59.9 Å². The van der Waals surface area contributed by atoms with E-state index in [1.54, 1.807) is 31.2 Å². The lowest BCUT2D eigenvalue weighted by molar-refractivity contribution is -0.115. The van der Waals surface area contributed by atoms with Gasteiger partial charge in [0.1, 0.15) is 5.82 Å². The largest absolute Gasteiger partial charge is 0.326 e. The SMILES string of the molecule is CCC(=O)Nc1ccc(NC(=O)c2ccc(F)cc2)cc1. The second kappa shape index (κ2) is 6.65. The molecular weight excluding hydrogens is 271 g/mol. The summed E-state index contributed by atoms with van der Waals surface area (Å²) in [5.41, 5.74) is 1.64. The summed E-state index contributed by atoms with van der Waals surface area (Å²) in [6, 6.07) is 12.1. The fourth-order valence-electron chi connectivity index (χ4n) is 1.69. The number of carbonyl (C=O) groups is 2. The van der Waals surface area contributed by atoms with E-state index in [0.717, 1.165) is 0 Å². The van der Waals surface area contributed by atoms with Crippen LogP contribution in [0.3, 0.4) is 0 Å². The monoisotopic (exact) mass is 286 g/mol. The Bertz CT molecular complexity index is 636. The summed E-state index contributed by atoms with van der Waals surface area (Å²) in [6.07, 6.45) is 0.406. The van der Waals surface area contributed by atoms with Gasteiger partial charge in [-0.2, -0.15) is 0 Å². The van der Waals surface area contributed by atoms with Crippen LogP contribution in [0.4, 0.5) is 15.8 Å². The van der Waals surface area contributed by atoms with Gasteiger partial charge in [0.25, 0.3) is 5.91 Å². The van der Waals surface area contributed by atoms with Crippen LogP contribution >= 0.6 is 0 Å². The van der Waals surface area contributed by atoms with E-state index in [1.165, 1.54) is 24.3 Å². The van der Waals surface area contributed by atoms with Crippen molar-refractivity contribution in [2.75, 3.05) is 10.6 Å². The van der Waals surface area contributed by atoms with Crippen LogP contribution in [-0.4, -0.2) is 11.8 Å². The lowest BCUT2D eigenvalue weighted by atomic mass is 10.2. The Hall–Kier alpha value is -2.69. The molecule has 21 heavy (non-hydrogen) atoms. The van der Waals surface area contributed by atoms with Gasteiger partial charge >= 0.3 is 0 Å². The summed E-state index contributed by atoms with van der Waals surface area (Å²) in [5.74, 6) is -0.777. The first-order valence-corrected chi connectivity index (χ1v) is 6.55. The molecule has 0 atom stereocenters. The van der Waals surface area contributed by atoms with Gasteiger partial charge in [0.15, 0.2) is 0 Å². The number of halogens is 1. The Morgan fingerprint density at radius 3 is 1.95 bits per heavy atom. The van der Waals surface area contributed by atoms with Gasteiger partial charge in [-0.15, -0.1) is 0 Å². The minimum Gasteiger partial charge on any atom is -0.326 e. The van der Waals surface area contributed by atoms with Gasteiger partial charge in [-0.3, -0.25) is 9.59 Å². The molecule has 0 spiro atoms. The average molecular weight is 286 g/mol. The highest BCUT2D eigenvalue weighted by molar-refractivity contribution is 6.04. The molecule has 0 aliphatic heterocycles. The zero-order valence-electron chi connectivity index (χ0n) is 11.5. The average Bonchev–Trinajstić information content (AvgIpc) is 2.49. The summed E-state index contributed by atoms with van der Waals surface area (Å²) in [7, 11) is 0. The van der Waals surface area contributed by atoms with Crippen molar-refractivity contribution in [1.82, 2.24) is 0 Å². The number of rotatable bonds is 4. The van der Waals surface area contributed by atoms with Crippen LogP contribution in [0.5, 0.6) is 0 Å². The van der Waals surface area contributed by atoms with Crippen LogP contribution in [0.2, 0.25) is 0 Å². The molecule has 5 heteroatoms. The first kappa shape index (κ1) is 14.7. The Balaban J connectivity index is 2.01. The molecule has 0 saturated carbocycles. The molecule has 108 valence electrons. The molecular formula is C16H15FN2O2. The van der Waals surface area contributed by atoms with Crippen molar-refractivity contribution in [3.63, 3.8) is 0 Å². The Morgan fingerprint density at radius 2 is 1.43 bits per heavy atom. The van der Waals surface area contributed by atoms with Crippen molar-refractivity contribution < 1.29 is 14.0 Å². The zero-order valence-corrected chi connectivity index (χ0v) is 11.5. The Morgan fingerprint density at radius 1 is 0.905 bits per heavy atom. The summed E-state index contributed by atoms with van der Waals surface area (Å²) < 4.78 is 12.8. The zero-order chi connectivity index (χ0) is 15.2. The second-order valence-corrected chi connectivity index (χ2v) is 4.44. The predicted octanol–water partition coefficient (Wildman–Crippen LogP) is 3.43. The van der Waals surface area contributed by atoms with Crippen molar-refractivity contribution in [3.8, 4) is 0 Å². The van der Waals surface area contributed by atoms with Crippen molar-refractivity contribution in [2.24, 2.45) is 0 Å². The Labute approximate surface area is 122 Å². The van der Waals surface area contributed by atoms with Gasteiger partial charge in [0.2, 0.25) is 5.91 Å². The molecule has 0 heterocycles. The third-order valence-corrected chi connectivity index (χ3v) is 2.85. The molecule has 0 aliphatic rings. The topological polar surface area (TPSA) is 58.2 Å². The van der Waals surface area contributed by atoms with E-state index in [0.29, 0.717) is 23.4 Å². The molecule has 0 radical (unpaired) electrons. The molecule has 0 fully saturated rings. The fourth-order valence-corrected chi connectivity index (χ4v) is 1.69. The smallest absolute Gasteiger partial charge is 0.255 e. The summed E-state index contributed by atoms with van der Waals surface area (Å²) in [4.78, 5) is 23.2. The fraction of sp³-hybridized carbons (Fsp3) is 0.125. The molecule has 2 N–H and O–H groups in total. The van der Waals surface area contributed by atoms with Crippen LogP contribution in [0.25, 0.3) is 0 Å². The number of benzene rings is 2. The maximum Gasteiger partial charge on any atom is 0.255 e. The van der Waals surface area contributed by atoms with Crippen molar-refractivity contribution >= 4 is 23.2 Å². The van der Waals surface area contributed by atoms with Crippen LogP contribution < -0.4 is 10.6 Å². The van der Waals surface area contributed by atoms with E-state index in [4.69, 9.17) is 0 Å². The maximum absolute atomic E-state index is 12.8. The molecule has 0 saturated heterocycles. The van der Waals surface area contributed by atoms with Crippen LogP contribution in [0.15, 0.2) is 48.5 Å². The van der Waals surface area contributed by atoms with Crippen LogP contribution in [0, 0.1) is 5.82 Å². The maximum atomic E-state index is 12.8. The number of hydrogen-bond donors (Lipinski definition) is 2. The van der Waals surface area contributed by atoms with Gasteiger partial charge in [-0.1, -0.05) is 6.92 Å². The highest BCUT2D eigenvalue weighted by atomic mass is 19.1. The molecule has 0 bridgehead atoms. The number of hydrogen-bond acceptors (Lipinski definition) is 2. The molecule has 0 aliphatic carbocycles. The number of amides is 2. The lowest BCUT2D eigenvalue weighted by Crippen LogP contribution is -2.12. The molecule has 2 aromatic carbocycles. The molecule has 0 aromatic heterocycles. The lowest BCUT2D eigenvalue weighted by Gasteiger charge is -2.07. The van der Waals surface area contributed by atoms with E-state index in [1.807, 2.05) is 0 Å². The van der Waals surface area contributed by atoms with Crippen molar-refractivity contribution in [1.29, 1.82) is 0 Å². The summed E-state index contributed by atoms with van der Waals surface area (Å²) in [6.45, 7) is 1.77. The van der Waals surface area contributed by atoms with Crippen LogP contribution in [-0.2, 0) is 4.79 Å². The minimum atomic E-state index is -0.387. The van der Waals surface area contributed by atoms with E-state index in [2.05, 4.69) is 10.6 Å². The van der Waals surface area contributed by atoms with Crippen molar-refractivity contribution in [2.45, 2.75) is 13.3 Å². The molecule has 2 rings (SSSR count). The van der Waals surface area contributed by atoms with E-state index in [9.17, 15) is 14.0 Å². The third-order valence-electron chi connectivity index (χ3n) is 2.85. The van der Waals surface area contributed by atoms with Gasteiger partial charge in [0, 0.05) is 23.4 Å². The minimum absolute atomic E-state index is 0.0712. The Kier molecular flexibility index (Phi) is 4.66. The van der Waals surface area contributed by atoms with Gasteiger partial charge in [-0.05, 0) is 48.5 Å². The molecule has 4 nitrogen and oxygen atoms in total. The summed E-state index contributed by atoms with van der Waals surface area (Å²) >= 11 is 0. The molecule has 0 unspecified atom stereocenters. The van der Waals surface area contributed by atoms with Gasteiger partial charge < -0.3 is 10.6 Å². The molecule has 2 aromatic rings. The highest BCUT2D eigenvalue weighted by Gasteiger charge is 2.06. The highest BCUT2D eigenvalue weighted by Crippen LogP contribution is 2.15. The summed E-state index contributed by atoms with van der Waals surface area (Å²) in [5, 5.41) is 5.41. The standard InChI is InChI=1S/C16H15FN2O2/c1-2-15(20)18-13-7-9-14(10-8-13)19-16(21)11-3-5-12(17)6-4-11/h3-10H,2H2,1H3,(H,18,20)(H,19,21). The number of anilines is 2. The molecule has 2 amide bonds. The van der Waals surface area contributed by atoms with Gasteiger partial charge in [-0.25, -0.2) is 4.39 Å². The quantitative estimate of drug-likeness (QED) is 0.904. The van der Waals surface area contributed by atoms with E-state index >= 15 is 0 Å². The number of carbonyl (C=O) groups excluding carboxylic acids is 2. The van der Waals surface area contributed by atoms with E-state index in [-0.39, 0.29) is 17.6 Å².